The van der Waals surface area contributed by atoms with Gasteiger partial charge in [-0.15, -0.1) is 6.58 Å². The SMILES string of the molecule is C=CCCCCN(C)C(=O)OC(CCOc1cc(-n2ccc(C)n2)nc2cc(OC)ccc12)C(=O)NC1CC1.O=CO. The largest absolute Gasteiger partial charge is 0.497 e. The molecule has 0 aliphatic heterocycles. The van der Waals surface area contributed by atoms with Gasteiger partial charge in [0, 0.05) is 49.8 Å². The zero-order valence-electron chi connectivity index (χ0n) is 24.3. The normalized spacial score (nSPS) is 12.8. The van der Waals surface area contributed by atoms with Gasteiger partial charge in [-0.05, 0) is 57.2 Å². The lowest BCUT2D eigenvalue weighted by atomic mass is 10.2. The summed E-state index contributed by atoms with van der Waals surface area (Å²) in [4.78, 5) is 40.2. The van der Waals surface area contributed by atoms with Crippen LogP contribution in [0.4, 0.5) is 4.79 Å². The highest BCUT2D eigenvalue weighted by atomic mass is 16.6. The number of hydrogen-bond acceptors (Lipinski definition) is 8. The summed E-state index contributed by atoms with van der Waals surface area (Å²) in [7, 11) is 3.28. The number of unbranched alkanes of at least 4 members (excludes halogenated alkanes) is 2. The van der Waals surface area contributed by atoms with Crippen LogP contribution in [0.15, 0.2) is 49.2 Å². The van der Waals surface area contributed by atoms with Gasteiger partial charge in [-0.25, -0.2) is 14.5 Å². The monoisotopic (exact) mass is 581 g/mol. The Kier molecular flexibility index (Phi) is 12.1. The number of carbonyl (C=O) groups excluding carboxylic acids is 2. The Morgan fingerprint density at radius 2 is 2.02 bits per heavy atom. The number of carbonyl (C=O) groups is 3. The van der Waals surface area contributed by atoms with Gasteiger partial charge in [0.25, 0.3) is 12.4 Å². The van der Waals surface area contributed by atoms with Crippen LogP contribution in [0.25, 0.3) is 16.7 Å². The minimum atomic E-state index is -0.963. The maximum absolute atomic E-state index is 12.9. The Morgan fingerprint density at radius 3 is 2.67 bits per heavy atom. The van der Waals surface area contributed by atoms with Crippen molar-refractivity contribution in [2.75, 3.05) is 27.3 Å². The average molecular weight is 582 g/mol. The van der Waals surface area contributed by atoms with E-state index in [0.29, 0.717) is 29.4 Å². The highest BCUT2D eigenvalue weighted by molar-refractivity contribution is 5.87. The van der Waals surface area contributed by atoms with Gasteiger partial charge in [-0.2, -0.15) is 5.10 Å². The molecule has 0 spiro atoms. The highest BCUT2D eigenvalue weighted by Gasteiger charge is 2.30. The molecule has 2 amide bonds. The number of hydrogen-bond donors (Lipinski definition) is 2. The van der Waals surface area contributed by atoms with Crippen molar-refractivity contribution < 1.29 is 33.7 Å². The van der Waals surface area contributed by atoms with Crippen LogP contribution in [0.2, 0.25) is 0 Å². The first-order valence-corrected chi connectivity index (χ1v) is 13.8. The van der Waals surface area contributed by atoms with Gasteiger partial charge in [0.05, 0.1) is 24.9 Å². The van der Waals surface area contributed by atoms with E-state index in [0.717, 1.165) is 43.2 Å². The predicted molar refractivity (Wildman–Crippen MR) is 157 cm³/mol. The van der Waals surface area contributed by atoms with Crippen LogP contribution in [0.1, 0.15) is 44.2 Å². The minimum absolute atomic E-state index is 0.149. The van der Waals surface area contributed by atoms with Crippen molar-refractivity contribution in [3.8, 4) is 17.3 Å². The number of methoxy groups -OCH3 is 1. The number of pyridine rings is 1. The zero-order chi connectivity index (χ0) is 30.5. The fourth-order valence-electron chi connectivity index (χ4n) is 4.05. The molecule has 12 nitrogen and oxygen atoms in total. The van der Waals surface area contributed by atoms with Gasteiger partial charge in [0.1, 0.15) is 11.5 Å². The molecule has 1 atom stereocenters. The van der Waals surface area contributed by atoms with Gasteiger partial charge in [0.2, 0.25) is 0 Å². The molecular weight excluding hydrogens is 542 g/mol. The number of carboxylic acid groups (broad SMARTS) is 1. The van der Waals surface area contributed by atoms with Gasteiger partial charge < -0.3 is 29.5 Å². The Labute approximate surface area is 245 Å². The summed E-state index contributed by atoms with van der Waals surface area (Å²) < 4.78 is 18.9. The number of nitrogens with one attached hydrogen (secondary N) is 1. The van der Waals surface area contributed by atoms with E-state index in [-0.39, 0.29) is 31.4 Å². The Bertz CT molecular complexity index is 1360. The molecule has 1 saturated carbocycles. The van der Waals surface area contributed by atoms with E-state index in [1.807, 2.05) is 49.5 Å². The molecule has 3 aromatic rings. The number of aryl methyl sites for hydroxylation is 1. The number of rotatable bonds is 14. The molecule has 12 heteroatoms. The van der Waals surface area contributed by atoms with Crippen molar-refractivity contribution in [2.24, 2.45) is 0 Å². The lowest BCUT2D eigenvalue weighted by molar-refractivity contribution is -0.130. The van der Waals surface area contributed by atoms with Crippen molar-refractivity contribution in [1.82, 2.24) is 25.0 Å². The molecule has 1 aromatic carbocycles. The molecule has 226 valence electrons. The number of allylic oxidation sites excluding steroid dienone is 1. The van der Waals surface area contributed by atoms with Gasteiger partial charge in [0.15, 0.2) is 11.9 Å². The molecule has 1 fully saturated rings. The maximum Gasteiger partial charge on any atom is 0.410 e. The molecule has 0 bridgehead atoms. The second kappa shape index (κ2) is 16.0. The van der Waals surface area contributed by atoms with Crippen molar-refractivity contribution in [2.45, 2.75) is 57.6 Å². The topological polar surface area (TPSA) is 145 Å². The first-order chi connectivity index (χ1) is 20.3. The van der Waals surface area contributed by atoms with E-state index in [2.05, 4.69) is 17.0 Å². The second-order valence-corrected chi connectivity index (χ2v) is 9.87. The third-order valence-electron chi connectivity index (χ3n) is 6.48. The van der Waals surface area contributed by atoms with E-state index in [9.17, 15) is 9.59 Å². The van der Waals surface area contributed by atoms with Gasteiger partial charge in [-0.3, -0.25) is 9.59 Å². The van der Waals surface area contributed by atoms with Crippen LogP contribution >= 0.6 is 0 Å². The maximum atomic E-state index is 12.9. The van der Waals surface area contributed by atoms with Crippen LogP contribution in [-0.2, 0) is 14.3 Å². The Morgan fingerprint density at radius 1 is 1.26 bits per heavy atom. The smallest absolute Gasteiger partial charge is 0.410 e. The molecule has 1 aliphatic rings. The van der Waals surface area contributed by atoms with E-state index >= 15 is 0 Å². The molecule has 1 unspecified atom stereocenters. The molecule has 2 heterocycles. The van der Waals surface area contributed by atoms with Crippen molar-refractivity contribution in [3.63, 3.8) is 0 Å². The lowest BCUT2D eigenvalue weighted by Gasteiger charge is -2.22. The van der Waals surface area contributed by atoms with Gasteiger partial charge >= 0.3 is 6.09 Å². The summed E-state index contributed by atoms with van der Waals surface area (Å²) in [5.74, 6) is 1.54. The molecule has 42 heavy (non-hydrogen) atoms. The van der Waals surface area contributed by atoms with Crippen molar-refractivity contribution in [1.29, 1.82) is 0 Å². The zero-order valence-corrected chi connectivity index (χ0v) is 24.3. The number of fused-ring (bicyclic) bond motifs is 1. The number of benzene rings is 1. The Balaban J connectivity index is 0.00000155. The summed E-state index contributed by atoms with van der Waals surface area (Å²) in [6.45, 7) is 6.08. The van der Waals surface area contributed by atoms with Crippen molar-refractivity contribution >= 4 is 29.4 Å². The fourth-order valence-corrected chi connectivity index (χ4v) is 4.05. The summed E-state index contributed by atoms with van der Waals surface area (Å²) in [5.41, 5.74) is 1.55. The molecule has 0 radical (unpaired) electrons. The van der Waals surface area contributed by atoms with Crippen LogP contribution in [0, 0.1) is 6.92 Å². The molecule has 4 rings (SSSR count). The van der Waals surface area contributed by atoms with Crippen LogP contribution in [-0.4, -0.2) is 82.7 Å². The summed E-state index contributed by atoms with van der Waals surface area (Å²) in [5, 5.41) is 15.1. The van der Waals surface area contributed by atoms with Crippen LogP contribution in [0.3, 0.4) is 0 Å². The molecule has 2 N–H and O–H groups in total. The fraction of sp³-hybridized carbons (Fsp3) is 0.433. The first kappa shape index (κ1) is 31.9. The average Bonchev–Trinajstić information content (AvgIpc) is 3.69. The van der Waals surface area contributed by atoms with Crippen LogP contribution < -0.4 is 14.8 Å². The first-order valence-electron chi connectivity index (χ1n) is 13.8. The number of ether oxygens (including phenoxy) is 3. The van der Waals surface area contributed by atoms with E-state index in [4.69, 9.17) is 29.1 Å². The molecule has 1 aliphatic carbocycles. The minimum Gasteiger partial charge on any atom is -0.497 e. The third kappa shape index (κ3) is 9.50. The van der Waals surface area contributed by atoms with Crippen molar-refractivity contribution in [3.05, 3.63) is 54.9 Å². The molecule has 0 saturated heterocycles. The summed E-state index contributed by atoms with van der Waals surface area (Å²) in [6, 6.07) is 9.41. The summed E-state index contributed by atoms with van der Waals surface area (Å²) >= 11 is 0. The van der Waals surface area contributed by atoms with E-state index in [1.165, 1.54) is 4.90 Å². The number of nitrogens with zero attached hydrogens (tertiary/aromatic N) is 4. The molecular formula is C30H39N5O7. The van der Waals surface area contributed by atoms with E-state index in [1.54, 1.807) is 18.8 Å². The predicted octanol–water partition coefficient (Wildman–Crippen LogP) is 4.28. The second-order valence-electron chi connectivity index (χ2n) is 9.87. The number of aromatic nitrogens is 3. The van der Waals surface area contributed by atoms with Gasteiger partial charge in [-0.1, -0.05) is 6.08 Å². The Hall–Kier alpha value is -4.61. The molecule has 2 aromatic heterocycles. The quantitative estimate of drug-likeness (QED) is 0.162. The number of amides is 2. The lowest BCUT2D eigenvalue weighted by Crippen LogP contribution is -2.42. The third-order valence-corrected chi connectivity index (χ3v) is 6.48. The summed E-state index contributed by atoms with van der Waals surface area (Å²) in [6.07, 6.45) is 6.94. The highest BCUT2D eigenvalue weighted by Crippen LogP contribution is 2.30. The van der Waals surface area contributed by atoms with E-state index < -0.39 is 12.2 Å². The standard InChI is InChI=1S/C29H37N5O5.CH2O2/c1-5-6-7-8-15-33(3)29(36)39-25(28(35)30-21-9-10-21)14-17-38-26-19-27(34-16-13-20(2)32-34)31-24-18-22(37-4)11-12-23(24)26;2-1-3/h5,11-13,16,18-19,21,25H,1,6-10,14-15,17H2,2-4H3,(H,30,35);1H,(H,2,3). The van der Waals surface area contributed by atoms with Crippen LogP contribution in [0.5, 0.6) is 11.5 Å².